The third kappa shape index (κ3) is 3.19. The standard InChI is InChI=1S/C13H21N5S/c1-4-9(3)18-7-6-10(16-18)8-11(14)13-12(5-2)15-17-19-13/h6-7,9,11H,4-5,8,14H2,1-3H3. The summed E-state index contributed by atoms with van der Waals surface area (Å²) in [5.41, 5.74) is 8.29. The van der Waals surface area contributed by atoms with Gasteiger partial charge in [0.05, 0.1) is 16.3 Å². The summed E-state index contributed by atoms with van der Waals surface area (Å²) in [6, 6.07) is 2.42. The van der Waals surface area contributed by atoms with Gasteiger partial charge in [-0.15, -0.1) is 5.10 Å². The molecule has 0 aliphatic carbocycles. The quantitative estimate of drug-likeness (QED) is 0.882. The fourth-order valence-electron chi connectivity index (χ4n) is 1.98. The van der Waals surface area contributed by atoms with E-state index >= 15 is 0 Å². The van der Waals surface area contributed by atoms with Crippen LogP contribution in [0.5, 0.6) is 0 Å². The predicted octanol–water partition coefficient (Wildman–Crippen LogP) is 2.51. The Hall–Kier alpha value is -1.27. The lowest BCUT2D eigenvalue weighted by atomic mass is 10.1. The Bertz CT molecular complexity index is 519. The molecule has 0 fully saturated rings. The molecule has 2 atom stereocenters. The number of hydrogen-bond donors (Lipinski definition) is 1. The first-order chi connectivity index (χ1) is 9.15. The summed E-state index contributed by atoms with van der Waals surface area (Å²) < 4.78 is 6.00. The Morgan fingerprint density at radius 1 is 1.42 bits per heavy atom. The van der Waals surface area contributed by atoms with Gasteiger partial charge in [0, 0.05) is 24.7 Å². The van der Waals surface area contributed by atoms with Gasteiger partial charge in [-0.2, -0.15) is 5.10 Å². The first kappa shape index (κ1) is 14.1. The molecule has 0 radical (unpaired) electrons. The Morgan fingerprint density at radius 2 is 2.21 bits per heavy atom. The summed E-state index contributed by atoms with van der Waals surface area (Å²) in [7, 11) is 0. The van der Waals surface area contributed by atoms with Crippen LogP contribution in [0.15, 0.2) is 12.3 Å². The van der Waals surface area contributed by atoms with Gasteiger partial charge in [0.15, 0.2) is 0 Å². The molecule has 2 rings (SSSR count). The van der Waals surface area contributed by atoms with Crippen LogP contribution in [0.2, 0.25) is 0 Å². The van der Waals surface area contributed by atoms with Crippen LogP contribution in [0.3, 0.4) is 0 Å². The zero-order valence-electron chi connectivity index (χ0n) is 11.7. The van der Waals surface area contributed by atoms with Crippen LogP contribution in [0, 0.1) is 0 Å². The minimum absolute atomic E-state index is 0.0600. The molecule has 0 spiro atoms. The molecule has 2 aromatic rings. The van der Waals surface area contributed by atoms with Gasteiger partial charge < -0.3 is 5.73 Å². The number of rotatable bonds is 6. The molecular weight excluding hydrogens is 258 g/mol. The monoisotopic (exact) mass is 279 g/mol. The van der Waals surface area contributed by atoms with Crippen molar-refractivity contribution < 1.29 is 0 Å². The van der Waals surface area contributed by atoms with E-state index in [1.165, 1.54) is 11.5 Å². The molecule has 2 N–H and O–H groups in total. The Labute approximate surface area is 118 Å². The average molecular weight is 279 g/mol. The Balaban J connectivity index is 2.06. The minimum Gasteiger partial charge on any atom is -0.323 e. The van der Waals surface area contributed by atoms with Crippen molar-refractivity contribution >= 4 is 11.5 Å². The van der Waals surface area contributed by atoms with Gasteiger partial charge in [-0.3, -0.25) is 4.68 Å². The van der Waals surface area contributed by atoms with E-state index in [0.29, 0.717) is 6.04 Å². The van der Waals surface area contributed by atoms with Crippen molar-refractivity contribution in [2.24, 2.45) is 5.73 Å². The second-order valence-electron chi connectivity index (χ2n) is 4.79. The lowest BCUT2D eigenvalue weighted by Crippen LogP contribution is -2.14. The molecule has 2 unspecified atom stereocenters. The van der Waals surface area contributed by atoms with Crippen LogP contribution in [-0.4, -0.2) is 19.4 Å². The molecule has 19 heavy (non-hydrogen) atoms. The summed E-state index contributed by atoms with van der Waals surface area (Å²) in [6.45, 7) is 6.40. The van der Waals surface area contributed by atoms with Gasteiger partial charge in [-0.05, 0) is 37.4 Å². The first-order valence-electron chi connectivity index (χ1n) is 6.76. The maximum Gasteiger partial charge on any atom is 0.0801 e. The molecule has 0 aliphatic rings. The maximum atomic E-state index is 6.25. The summed E-state index contributed by atoms with van der Waals surface area (Å²) in [5, 5.41) is 8.69. The lowest BCUT2D eigenvalue weighted by Gasteiger charge is -2.10. The summed E-state index contributed by atoms with van der Waals surface area (Å²) in [4.78, 5) is 1.08. The molecule has 0 bridgehead atoms. The topological polar surface area (TPSA) is 69.6 Å². The molecule has 0 aliphatic heterocycles. The summed E-state index contributed by atoms with van der Waals surface area (Å²) in [5.74, 6) is 0. The van der Waals surface area contributed by atoms with E-state index in [-0.39, 0.29) is 6.04 Å². The third-order valence-electron chi connectivity index (χ3n) is 3.39. The number of nitrogens with two attached hydrogens (primary N) is 1. The average Bonchev–Trinajstić information content (AvgIpc) is 3.05. The van der Waals surface area contributed by atoms with Gasteiger partial charge in [-0.1, -0.05) is 18.3 Å². The highest BCUT2D eigenvalue weighted by molar-refractivity contribution is 7.05. The fraction of sp³-hybridized carbons (Fsp3) is 0.615. The van der Waals surface area contributed by atoms with Gasteiger partial charge in [-0.25, -0.2) is 0 Å². The SMILES string of the molecule is CCc1nnsc1C(N)Cc1ccn(C(C)CC)n1. The highest BCUT2D eigenvalue weighted by Crippen LogP contribution is 2.22. The van der Waals surface area contributed by atoms with Crippen LogP contribution >= 0.6 is 11.5 Å². The van der Waals surface area contributed by atoms with E-state index in [2.05, 4.69) is 35.5 Å². The fourth-order valence-corrected chi connectivity index (χ4v) is 2.72. The van der Waals surface area contributed by atoms with Crippen molar-refractivity contribution in [3.8, 4) is 0 Å². The second kappa shape index (κ2) is 6.25. The number of aryl methyl sites for hydroxylation is 1. The van der Waals surface area contributed by atoms with Crippen molar-refractivity contribution in [2.45, 2.75) is 52.1 Å². The zero-order valence-corrected chi connectivity index (χ0v) is 12.5. The second-order valence-corrected chi connectivity index (χ2v) is 5.58. The minimum atomic E-state index is -0.0600. The molecule has 0 saturated heterocycles. The van der Waals surface area contributed by atoms with Crippen LogP contribution in [0.4, 0.5) is 0 Å². The molecule has 0 saturated carbocycles. The van der Waals surface area contributed by atoms with E-state index in [4.69, 9.17) is 5.73 Å². The smallest absolute Gasteiger partial charge is 0.0801 e. The van der Waals surface area contributed by atoms with Gasteiger partial charge >= 0.3 is 0 Å². The van der Waals surface area contributed by atoms with Crippen molar-refractivity contribution in [1.29, 1.82) is 0 Å². The van der Waals surface area contributed by atoms with Crippen LogP contribution in [0.25, 0.3) is 0 Å². The number of aromatic nitrogens is 4. The van der Waals surface area contributed by atoms with Gasteiger partial charge in [0.2, 0.25) is 0 Å². The Kier molecular flexibility index (Phi) is 4.66. The highest BCUT2D eigenvalue weighted by atomic mass is 32.1. The third-order valence-corrected chi connectivity index (χ3v) is 4.29. The predicted molar refractivity (Wildman–Crippen MR) is 77.1 cm³/mol. The lowest BCUT2D eigenvalue weighted by molar-refractivity contribution is 0.472. The Morgan fingerprint density at radius 3 is 2.89 bits per heavy atom. The van der Waals surface area contributed by atoms with Crippen LogP contribution in [0.1, 0.15) is 55.5 Å². The summed E-state index contributed by atoms with van der Waals surface area (Å²) >= 11 is 1.40. The van der Waals surface area contributed by atoms with Crippen molar-refractivity contribution in [3.05, 3.63) is 28.5 Å². The van der Waals surface area contributed by atoms with Crippen molar-refractivity contribution in [1.82, 2.24) is 19.4 Å². The molecule has 5 nitrogen and oxygen atoms in total. The van der Waals surface area contributed by atoms with E-state index in [0.717, 1.165) is 35.5 Å². The summed E-state index contributed by atoms with van der Waals surface area (Å²) in [6.07, 6.45) is 4.72. The molecule has 2 aromatic heterocycles. The van der Waals surface area contributed by atoms with E-state index < -0.39 is 0 Å². The van der Waals surface area contributed by atoms with E-state index in [9.17, 15) is 0 Å². The zero-order chi connectivity index (χ0) is 13.8. The molecular formula is C13H21N5S. The van der Waals surface area contributed by atoms with E-state index in [1.54, 1.807) is 0 Å². The van der Waals surface area contributed by atoms with Gasteiger partial charge in [0.1, 0.15) is 0 Å². The van der Waals surface area contributed by atoms with Crippen molar-refractivity contribution in [3.63, 3.8) is 0 Å². The molecule has 6 heteroatoms. The first-order valence-corrected chi connectivity index (χ1v) is 7.53. The normalized spacial score (nSPS) is 14.5. The van der Waals surface area contributed by atoms with Gasteiger partial charge in [0.25, 0.3) is 0 Å². The van der Waals surface area contributed by atoms with Crippen LogP contribution in [-0.2, 0) is 12.8 Å². The maximum absolute atomic E-state index is 6.25. The molecule has 0 aromatic carbocycles. The van der Waals surface area contributed by atoms with E-state index in [1.807, 2.05) is 16.9 Å². The number of nitrogens with zero attached hydrogens (tertiary/aromatic N) is 4. The molecule has 2 heterocycles. The largest absolute Gasteiger partial charge is 0.323 e. The molecule has 104 valence electrons. The number of hydrogen-bond acceptors (Lipinski definition) is 5. The van der Waals surface area contributed by atoms with Crippen molar-refractivity contribution in [2.75, 3.05) is 0 Å². The van der Waals surface area contributed by atoms with Crippen LogP contribution < -0.4 is 5.73 Å². The molecule has 0 amide bonds. The highest BCUT2D eigenvalue weighted by Gasteiger charge is 2.16.